The highest BCUT2D eigenvalue weighted by atomic mass is 19.4. The van der Waals surface area contributed by atoms with Gasteiger partial charge in [-0.25, -0.2) is 0 Å². The van der Waals surface area contributed by atoms with Gasteiger partial charge < -0.3 is 11.1 Å². The molecule has 1 heterocycles. The smallest absolute Gasteiger partial charge is 0.384 e. The molecule has 0 aliphatic carbocycles. The number of aryl methyl sites for hydroxylation is 1. The number of anilines is 1. The molecule has 1 aromatic carbocycles. The van der Waals surface area contributed by atoms with Gasteiger partial charge in [0.1, 0.15) is 5.84 Å². The van der Waals surface area contributed by atoms with Crippen LogP contribution in [0.5, 0.6) is 0 Å². The van der Waals surface area contributed by atoms with Gasteiger partial charge in [-0.1, -0.05) is 12.1 Å². The predicted octanol–water partition coefficient (Wildman–Crippen LogP) is 2.64. The van der Waals surface area contributed by atoms with E-state index in [1.807, 2.05) is 0 Å². The third kappa shape index (κ3) is 3.21. The van der Waals surface area contributed by atoms with Crippen molar-refractivity contribution < 1.29 is 13.2 Å². The van der Waals surface area contributed by atoms with Gasteiger partial charge in [-0.2, -0.15) is 18.3 Å². The lowest BCUT2D eigenvalue weighted by atomic mass is 10.1. The fourth-order valence-corrected chi connectivity index (χ4v) is 2.22. The summed E-state index contributed by atoms with van der Waals surface area (Å²) in [6.45, 7) is 1.73. The van der Waals surface area contributed by atoms with E-state index in [9.17, 15) is 13.2 Å². The average Bonchev–Trinajstić information content (AvgIpc) is 2.78. The van der Waals surface area contributed by atoms with E-state index in [1.54, 1.807) is 25.1 Å². The molecule has 0 unspecified atom stereocenters. The molecule has 0 saturated carbocycles. The number of amidine groups is 1. The zero-order valence-corrected chi connectivity index (χ0v) is 12.1. The van der Waals surface area contributed by atoms with E-state index in [0.717, 1.165) is 4.68 Å². The molecule has 0 spiro atoms. The molecule has 1 aromatic heterocycles. The molecular weight excluding hydrogens is 295 g/mol. The summed E-state index contributed by atoms with van der Waals surface area (Å²) in [5, 5.41) is 13.9. The Labute approximate surface area is 125 Å². The highest BCUT2D eigenvalue weighted by Crippen LogP contribution is 2.31. The van der Waals surface area contributed by atoms with Gasteiger partial charge in [0.2, 0.25) is 0 Å². The molecule has 0 saturated heterocycles. The number of alkyl halides is 3. The quantitative estimate of drug-likeness (QED) is 0.600. The lowest BCUT2D eigenvalue weighted by Gasteiger charge is -2.13. The highest BCUT2D eigenvalue weighted by Gasteiger charge is 2.36. The summed E-state index contributed by atoms with van der Waals surface area (Å²) < 4.78 is 39.8. The summed E-state index contributed by atoms with van der Waals surface area (Å²) >= 11 is 0. The highest BCUT2D eigenvalue weighted by molar-refractivity contribution is 5.97. The van der Waals surface area contributed by atoms with Crippen LogP contribution in [0, 0.1) is 12.3 Å². The Hall–Kier alpha value is -2.51. The number of nitrogens with zero attached hydrogens (tertiary/aromatic N) is 2. The molecule has 118 valence electrons. The monoisotopic (exact) mass is 311 g/mol. The van der Waals surface area contributed by atoms with Crippen LogP contribution in [0.2, 0.25) is 0 Å². The summed E-state index contributed by atoms with van der Waals surface area (Å²) in [6, 6.07) is 5.11. The number of nitrogen functional groups attached to an aromatic ring is 1. The van der Waals surface area contributed by atoms with Gasteiger partial charge in [0.05, 0.1) is 0 Å². The molecule has 0 bridgehead atoms. The zero-order chi connectivity index (χ0) is 16.5. The van der Waals surface area contributed by atoms with Crippen LogP contribution in [0.15, 0.2) is 24.4 Å². The molecule has 4 N–H and O–H groups in total. The molecule has 0 radical (unpaired) electrons. The van der Waals surface area contributed by atoms with Crippen molar-refractivity contribution in [3.8, 4) is 0 Å². The maximum absolute atomic E-state index is 12.9. The second kappa shape index (κ2) is 5.70. The maximum Gasteiger partial charge on any atom is 0.435 e. The number of hydrogen-bond acceptors (Lipinski definition) is 3. The van der Waals surface area contributed by atoms with E-state index < -0.39 is 11.9 Å². The third-order valence-corrected chi connectivity index (χ3v) is 3.27. The summed E-state index contributed by atoms with van der Waals surface area (Å²) in [5.41, 5.74) is 6.52. The van der Waals surface area contributed by atoms with E-state index >= 15 is 0 Å². The van der Waals surface area contributed by atoms with Gasteiger partial charge in [0.25, 0.3) is 0 Å². The fourth-order valence-electron chi connectivity index (χ4n) is 2.22. The molecule has 2 aromatic rings. The first-order valence-electron chi connectivity index (χ1n) is 6.47. The van der Waals surface area contributed by atoms with Crippen LogP contribution >= 0.6 is 0 Å². The van der Waals surface area contributed by atoms with E-state index in [1.165, 1.54) is 13.2 Å². The zero-order valence-electron chi connectivity index (χ0n) is 12.1. The lowest BCUT2D eigenvalue weighted by molar-refractivity contribution is -0.142. The van der Waals surface area contributed by atoms with Crippen LogP contribution in [0.1, 0.15) is 22.4 Å². The van der Waals surface area contributed by atoms with Gasteiger partial charge in [-0.3, -0.25) is 10.1 Å². The normalized spacial score (nSPS) is 11.5. The minimum absolute atomic E-state index is 0.0229. The Kier molecular flexibility index (Phi) is 4.11. The molecule has 0 aliphatic heterocycles. The molecule has 0 atom stereocenters. The van der Waals surface area contributed by atoms with Crippen LogP contribution in [-0.2, 0) is 19.8 Å². The summed E-state index contributed by atoms with van der Waals surface area (Å²) in [5.74, 6) is -0.0847. The Morgan fingerprint density at radius 3 is 2.68 bits per heavy atom. The SMILES string of the molecule is Cc1c(NCc2cn(C)nc2C(F)(F)F)cccc1C(=N)N. The third-order valence-electron chi connectivity index (χ3n) is 3.27. The number of nitrogens with two attached hydrogens (primary N) is 1. The van der Waals surface area contributed by atoms with Crippen LogP contribution < -0.4 is 11.1 Å². The topological polar surface area (TPSA) is 79.7 Å². The van der Waals surface area contributed by atoms with Crippen LogP contribution in [-0.4, -0.2) is 15.6 Å². The van der Waals surface area contributed by atoms with Crippen LogP contribution in [0.3, 0.4) is 0 Å². The number of nitrogens with one attached hydrogen (secondary N) is 2. The molecule has 0 aliphatic rings. The molecule has 0 amide bonds. The van der Waals surface area contributed by atoms with Crippen molar-refractivity contribution in [1.82, 2.24) is 9.78 Å². The van der Waals surface area contributed by atoms with E-state index in [2.05, 4.69) is 10.4 Å². The minimum atomic E-state index is -4.49. The first kappa shape index (κ1) is 15.9. The first-order valence-corrected chi connectivity index (χ1v) is 6.47. The second-order valence-electron chi connectivity index (χ2n) is 4.92. The van der Waals surface area contributed by atoms with Gasteiger partial charge >= 0.3 is 6.18 Å². The number of halogens is 3. The van der Waals surface area contributed by atoms with Crippen LogP contribution in [0.4, 0.5) is 18.9 Å². The molecule has 8 heteroatoms. The fraction of sp³-hybridized carbons (Fsp3) is 0.286. The van der Waals surface area contributed by atoms with Gasteiger partial charge in [0, 0.05) is 36.6 Å². The number of hydrogen-bond donors (Lipinski definition) is 3. The summed E-state index contributed by atoms with van der Waals surface area (Å²) in [7, 11) is 1.44. The van der Waals surface area contributed by atoms with Gasteiger partial charge in [0.15, 0.2) is 5.69 Å². The largest absolute Gasteiger partial charge is 0.435 e. The number of aromatic nitrogens is 2. The van der Waals surface area contributed by atoms with Crippen molar-refractivity contribution in [2.24, 2.45) is 12.8 Å². The summed E-state index contributed by atoms with van der Waals surface area (Å²) in [6.07, 6.45) is -3.16. The Bertz CT molecular complexity index is 703. The lowest BCUT2D eigenvalue weighted by Crippen LogP contribution is -2.15. The Morgan fingerprint density at radius 2 is 2.09 bits per heavy atom. The standard InChI is InChI=1S/C14H16F3N5/c1-8-10(13(18)19)4-3-5-11(8)20-6-9-7-22(2)21-12(9)14(15,16)17/h3-5,7,20H,6H2,1-2H3,(H3,18,19). The average molecular weight is 311 g/mol. The molecule has 22 heavy (non-hydrogen) atoms. The summed E-state index contributed by atoms with van der Waals surface area (Å²) in [4.78, 5) is 0. The second-order valence-corrected chi connectivity index (χ2v) is 4.92. The van der Waals surface area contributed by atoms with Gasteiger partial charge in [-0.05, 0) is 18.6 Å². The van der Waals surface area contributed by atoms with Gasteiger partial charge in [-0.15, -0.1) is 0 Å². The minimum Gasteiger partial charge on any atom is -0.384 e. The van der Waals surface area contributed by atoms with Crippen molar-refractivity contribution in [2.75, 3.05) is 5.32 Å². The van der Waals surface area contributed by atoms with Crippen LogP contribution in [0.25, 0.3) is 0 Å². The molecular formula is C14H16F3N5. The predicted molar refractivity (Wildman–Crippen MR) is 77.7 cm³/mol. The van der Waals surface area contributed by atoms with Crippen molar-refractivity contribution >= 4 is 11.5 Å². The van der Waals surface area contributed by atoms with E-state index in [4.69, 9.17) is 11.1 Å². The van der Waals surface area contributed by atoms with E-state index in [-0.39, 0.29) is 17.9 Å². The van der Waals surface area contributed by atoms with E-state index in [0.29, 0.717) is 16.8 Å². The molecule has 5 nitrogen and oxygen atoms in total. The van der Waals surface area contributed by atoms with Crippen molar-refractivity contribution in [3.63, 3.8) is 0 Å². The molecule has 0 fully saturated rings. The first-order chi connectivity index (χ1) is 10.2. The Balaban J connectivity index is 2.25. The van der Waals surface area contributed by atoms with Crippen molar-refractivity contribution in [2.45, 2.75) is 19.6 Å². The molecule has 2 rings (SSSR count). The number of rotatable bonds is 4. The van der Waals surface area contributed by atoms with Crippen molar-refractivity contribution in [3.05, 3.63) is 46.8 Å². The number of benzene rings is 1. The maximum atomic E-state index is 12.9. The van der Waals surface area contributed by atoms with Crippen molar-refractivity contribution in [1.29, 1.82) is 5.41 Å². The Morgan fingerprint density at radius 1 is 1.41 bits per heavy atom.